The highest BCUT2D eigenvalue weighted by atomic mass is 16.5. The lowest BCUT2D eigenvalue weighted by molar-refractivity contribution is 0.102. The molecule has 3 aromatic carbocycles. The number of carbonyl (C=O) groups excluding carboxylic acids is 1. The molecule has 7 nitrogen and oxygen atoms in total. The lowest BCUT2D eigenvalue weighted by atomic mass is 10.1. The Kier molecular flexibility index (Phi) is 5.09. The molecule has 1 amide bonds. The molecule has 0 saturated carbocycles. The molecule has 0 aliphatic rings. The van der Waals surface area contributed by atoms with Crippen molar-refractivity contribution in [1.82, 2.24) is 0 Å². The van der Waals surface area contributed by atoms with E-state index >= 15 is 0 Å². The van der Waals surface area contributed by atoms with Crippen molar-refractivity contribution < 1.29 is 24.2 Å². The van der Waals surface area contributed by atoms with Crippen LogP contribution >= 0.6 is 0 Å². The van der Waals surface area contributed by atoms with E-state index in [1.165, 1.54) is 24.3 Å². The molecule has 0 aliphatic heterocycles. The fourth-order valence-electron chi connectivity index (χ4n) is 2.94. The van der Waals surface area contributed by atoms with Crippen molar-refractivity contribution >= 4 is 22.6 Å². The molecule has 0 saturated heterocycles. The van der Waals surface area contributed by atoms with Crippen molar-refractivity contribution in [2.45, 2.75) is 6.61 Å². The molecule has 1 aromatic heterocycles. The van der Waals surface area contributed by atoms with Gasteiger partial charge in [0.15, 0.2) is 11.4 Å². The second-order valence-corrected chi connectivity index (χ2v) is 6.55. The number of nitrogens with one attached hydrogen (secondary N) is 1. The summed E-state index contributed by atoms with van der Waals surface area (Å²) in [4.78, 5) is 24.8. The van der Waals surface area contributed by atoms with Crippen LogP contribution in [-0.4, -0.2) is 16.1 Å². The quantitative estimate of drug-likeness (QED) is 0.434. The zero-order valence-electron chi connectivity index (χ0n) is 15.7. The van der Waals surface area contributed by atoms with E-state index in [2.05, 4.69) is 5.32 Å². The summed E-state index contributed by atoms with van der Waals surface area (Å²) in [5, 5.41) is 22.5. The maximum atomic E-state index is 12.6. The van der Waals surface area contributed by atoms with Gasteiger partial charge in [0.05, 0.1) is 5.39 Å². The first kappa shape index (κ1) is 19.1. The predicted octanol–water partition coefficient (Wildman–Crippen LogP) is 4.04. The van der Waals surface area contributed by atoms with Crippen LogP contribution in [0.4, 0.5) is 5.69 Å². The Labute approximate surface area is 170 Å². The predicted molar refractivity (Wildman–Crippen MR) is 111 cm³/mol. The second-order valence-electron chi connectivity index (χ2n) is 6.55. The van der Waals surface area contributed by atoms with Gasteiger partial charge in [-0.2, -0.15) is 0 Å². The van der Waals surface area contributed by atoms with E-state index in [1.807, 2.05) is 30.3 Å². The number of anilines is 1. The molecule has 3 N–H and O–H groups in total. The zero-order chi connectivity index (χ0) is 21.1. The molecule has 0 spiro atoms. The molecule has 4 aromatic rings. The van der Waals surface area contributed by atoms with E-state index in [0.717, 1.165) is 5.56 Å². The third-order valence-corrected chi connectivity index (χ3v) is 4.45. The minimum absolute atomic E-state index is 0.00630. The summed E-state index contributed by atoms with van der Waals surface area (Å²) in [6.45, 7) is 0.341. The number of hydrogen-bond acceptors (Lipinski definition) is 6. The van der Waals surface area contributed by atoms with Crippen LogP contribution in [0.5, 0.6) is 17.2 Å². The molecule has 0 bridgehead atoms. The second kappa shape index (κ2) is 8.00. The fourth-order valence-corrected chi connectivity index (χ4v) is 2.94. The van der Waals surface area contributed by atoms with Gasteiger partial charge in [0.25, 0.3) is 5.91 Å². The zero-order valence-corrected chi connectivity index (χ0v) is 15.7. The molecule has 0 fully saturated rings. The molecule has 30 heavy (non-hydrogen) atoms. The summed E-state index contributed by atoms with van der Waals surface area (Å²) in [6.07, 6.45) is 0. The van der Waals surface area contributed by atoms with E-state index in [-0.39, 0.29) is 28.0 Å². The third kappa shape index (κ3) is 3.95. The lowest BCUT2D eigenvalue weighted by Gasteiger charge is -2.10. The Morgan fingerprint density at radius 1 is 0.967 bits per heavy atom. The summed E-state index contributed by atoms with van der Waals surface area (Å²) >= 11 is 0. The minimum atomic E-state index is -0.935. The van der Waals surface area contributed by atoms with Gasteiger partial charge < -0.3 is 24.7 Å². The molecule has 0 atom stereocenters. The van der Waals surface area contributed by atoms with Gasteiger partial charge in [0.2, 0.25) is 0 Å². The number of hydrogen-bond donors (Lipinski definition) is 3. The Balaban J connectivity index is 1.56. The van der Waals surface area contributed by atoms with Gasteiger partial charge in [-0.25, -0.2) is 4.79 Å². The minimum Gasteiger partial charge on any atom is -0.508 e. The average Bonchev–Trinajstić information content (AvgIpc) is 2.76. The van der Waals surface area contributed by atoms with Crippen molar-refractivity contribution in [2.24, 2.45) is 0 Å². The molecule has 0 radical (unpaired) electrons. The number of phenols is 1. The number of amides is 1. The van der Waals surface area contributed by atoms with Crippen LogP contribution in [0.1, 0.15) is 15.9 Å². The summed E-state index contributed by atoms with van der Waals surface area (Å²) < 4.78 is 10.8. The van der Waals surface area contributed by atoms with Crippen LogP contribution in [0.2, 0.25) is 0 Å². The normalized spacial score (nSPS) is 10.7. The van der Waals surface area contributed by atoms with Crippen LogP contribution < -0.4 is 15.7 Å². The topological polar surface area (TPSA) is 109 Å². The van der Waals surface area contributed by atoms with E-state index < -0.39 is 17.3 Å². The first-order valence-electron chi connectivity index (χ1n) is 9.08. The van der Waals surface area contributed by atoms with Crippen molar-refractivity contribution in [2.75, 3.05) is 5.32 Å². The van der Waals surface area contributed by atoms with Crippen LogP contribution in [0.25, 0.3) is 11.0 Å². The number of phenolic OH excluding ortho intramolecular Hbond substituents is 1. The van der Waals surface area contributed by atoms with Crippen LogP contribution in [0, 0.1) is 0 Å². The fraction of sp³-hybridized carbons (Fsp3) is 0.0435. The highest BCUT2D eigenvalue weighted by molar-refractivity contribution is 6.06. The first-order valence-corrected chi connectivity index (χ1v) is 9.08. The number of ether oxygens (including phenoxy) is 1. The van der Waals surface area contributed by atoms with Crippen molar-refractivity contribution in [1.29, 1.82) is 0 Å². The Hall–Kier alpha value is -4.26. The number of fused-ring (bicyclic) bond motifs is 1. The van der Waals surface area contributed by atoms with Crippen molar-refractivity contribution in [3.63, 3.8) is 0 Å². The number of aromatic hydroxyl groups is 2. The van der Waals surface area contributed by atoms with Crippen LogP contribution in [0.3, 0.4) is 0 Å². The summed E-state index contributed by atoms with van der Waals surface area (Å²) in [7, 11) is 0. The van der Waals surface area contributed by atoms with E-state index in [0.29, 0.717) is 12.4 Å². The number of rotatable bonds is 5. The number of benzene rings is 3. The van der Waals surface area contributed by atoms with E-state index in [4.69, 9.17) is 9.15 Å². The maximum Gasteiger partial charge on any atom is 0.364 e. The molecule has 0 unspecified atom stereocenters. The molecule has 0 aliphatic carbocycles. The summed E-state index contributed by atoms with van der Waals surface area (Å²) in [6, 6.07) is 20.0. The molecule has 1 heterocycles. The van der Waals surface area contributed by atoms with Gasteiger partial charge in [0, 0.05) is 11.6 Å². The maximum absolute atomic E-state index is 12.6. The summed E-state index contributed by atoms with van der Waals surface area (Å²) in [5.41, 5.74) is -0.0849. The van der Waals surface area contributed by atoms with Gasteiger partial charge in [-0.05, 0) is 35.9 Å². The smallest absolute Gasteiger partial charge is 0.364 e. The Morgan fingerprint density at radius 3 is 2.57 bits per heavy atom. The Morgan fingerprint density at radius 2 is 1.77 bits per heavy atom. The largest absolute Gasteiger partial charge is 0.508 e. The Bertz CT molecular complexity index is 1280. The van der Waals surface area contributed by atoms with Gasteiger partial charge in [-0.15, -0.1) is 0 Å². The van der Waals surface area contributed by atoms with Gasteiger partial charge in [-0.3, -0.25) is 4.79 Å². The third-order valence-electron chi connectivity index (χ3n) is 4.45. The first-order chi connectivity index (χ1) is 14.5. The van der Waals surface area contributed by atoms with Crippen LogP contribution in [0.15, 0.2) is 82.0 Å². The van der Waals surface area contributed by atoms with Gasteiger partial charge in [0.1, 0.15) is 23.7 Å². The molecule has 4 rings (SSSR count). The standard InChI is InChI=1S/C23H17NO6/c25-16-9-10-18-19(12-16)30-23(28)20(21(18)26)24-22(27)15-7-4-8-17(11-15)29-13-14-5-2-1-3-6-14/h1-12,25-26H,13H2,(H,24,27). The highest BCUT2D eigenvalue weighted by Gasteiger charge is 2.18. The van der Waals surface area contributed by atoms with E-state index in [1.54, 1.807) is 18.2 Å². The molecular formula is C23H17NO6. The average molecular weight is 403 g/mol. The SMILES string of the molecule is O=C(Nc1c(O)c2ccc(O)cc2oc1=O)c1cccc(OCc2ccccc2)c1. The van der Waals surface area contributed by atoms with Crippen molar-refractivity contribution in [3.8, 4) is 17.2 Å². The molecule has 150 valence electrons. The molecular weight excluding hydrogens is 386 g/mol. The molecule has 7 heteroatoms. The highest BCUT2D eigenvalue weighted by Crippen LogP contribution is 2.31. The number of carbonyl (C=O) groups is 1. The summed E-state index contributed by atoms with van der Waals surface area (Å²) in [5.74, 6) is -0.683. The monoisotopic (exact) mass is 403 g/mol. The van der Waals surface area contributed by atoms with E-state index in [9.17, 15) is 19.8 Å². The lowest BCUT2D eigenvalue weighted by Crippen LogP contribution is -2.18. The van der Waals surface area contributed by atoms with Crippen LogP contribution in [-0.2, 0) is 6.61 Å². The van der Waals surface area contributed by atoms with Crippen molar-refractivity contribution in [3.05, 3.63) is 94.3 Å². The van der Waals surface area contributed by atoms with Gasteiger partial charge in [-0.1, -0.05) is 36.4 Å². The van der Waals surface area contributed by atoms with Gasteiger partial charge >= 0.3 is 5.63 Å².